The van der Waals surface area contributed by atoms with Gasteiger partial charge in [0.1, 0.15) is 0 Å². The molecule has 0 spiro atoms. The van der Waals surface area contributed by atoms with Gasteiger partial charge in [0.15, 0.2) is 0 Å². The number of rotatable bonds is 1. The zero-order valence-corrected chi connectivity index (χ0v) is 8.97. The zero-order chi connectivity index (χ0) is 10.1. The molecule has 0 aliphatic carbocycles. The first kappa shape index (κ1) is 9.56. The maximum absolute atomic E-state index is 5.89. The van der Waals surface area contributed by atoms with E-state index < -0.39 is 0 Å². The Morgan fingerprint density at radius 2 is 1.93 bits per heavy atom. The summed E-state index contributed by atoms with van der Waals surface area (Å²) >= 11 is 11.7. The summed E-state index contributed by atoms with van der Waals surface area (Å²) in [5.74, 6) is 0. The molecule has 0 aromatic heterocycles. The average molecular weight is 226 g/mol. The van der Waals surface area contributed by atoms with Gasteiger partial charge in [0.2, 0.25) is 0 Å². The smallest absolute Gasteiger partial charge is 0.0948 e. The molecular formula is C10H7Cl2N2. The maximum Gasteiger partial charge on any atom is 0.0948 e. The van der Waals surface area contributed by atoms with Crippen LogP contribution in [0.3, 0.4) is 0 Å². The summed E-state index contributed by atoms with van der Waals surface area (Å²) in [6.45, 7) is 1.90. The Labute approximate surface area is 92.2 Å². The van der Waals surface area contributed by atoms with Crippen LogP contribution >= 0.6 is 23.2 Å². The topological polar surface area (TPSA) is 26.5 Å². The van der Waals surface area contributed by atoms with Crippen molar-refractivity contribution >= 4 is 28.9 Å². The molecule has 1 aromatic carbocycles. The van der Waals surface area contributed by atoms with E-state index in [-0.39, 0.29) is 0 Å². The first-order chi connectivity index (χ1) is 6.66. The van der Waals surface area contributed by atoms with Crippen molar-refractivity contribution in [2.45, 2.75) is 6.92 Å². The van der Waals surface area contributed by atoms with Crippen LogP contribution in [0, 0.1) is 0 Å². The molecule has 2 rings (SSSR count). The lowest BCUT2D eigenvalue weighted by molar-refractivity contribution is 0.895. The molecule has 4 heteroatoms. The van der Waals surface area contributed by atoms with E-state index in [4.69, 9.17) is 23.2 Å². The van der Waals surface area contributed by atoms with E-state index in [9.17, 15) is 0 Å². The van der Waals surface area contributed by atoms with Gasteiger partial charge in [-0.2, -0.15) is 10.5 Å². The molecule has 71 valence electrons. The molecule has 1 aromatic rings. The summed E-state index contributed by atoms with van der Waals surface area (Å²) in [5.41, 5.74) is 6.56. The minimum atomic E-state index is 0.532. The fourth-order valence-corrected chi connectivity index (χ4v) is 1.48. The van der Waals surface area contributed by atoms with Crippen LogP contribution in [0.25, 0.3) is 0 Å². The second-order valence-corrected chi connectivity index (χ2v) is 3.81. The highest BCUT2D eigenvalue weighted by atomic mass is 35.5. The largest absolute Gasteiger partial charge is 0.155 e. The average Bonchev–Trinajstić information content (AvgIpc) is 2.57. The van der Waals surface area contributed by atoms with Crippen molar-refractivity contribution in [3.8, 4) is 0 Å². The van der Waals surface area contributed by atoms with E-state index in [0.29, 0.717) is 10.0 Å². The Balaban J connectivity index is 2.39. The fourth-order valence-electron chi connectivity index (χ4n) is 1.18. The van der Waals surface area contributed by atoms with Crippen LogP contribution in [0.15, 0.2) is 35.1 Å². The van der Waals surface area contributed by atoms with E-state index in [2.05, 4.69) is 10.5 Å². The normalized spacial score (nSPS) is 14.8. The van der Waals surface area contributed by atoms with Gasteiger partial charge in [0.05, 0.1) is 21.5 Å². The van der Waals surface area contributed by atoms with Crippen molar-refractivity contribution in [1.29, 1.82) is 0 Å². The molecule has 1 aliphatic heterocycles. The summed E-state index contributed by atoms with van der Waals surface area (Å²) in [6, 6.07) is 5.41. The second-order valence-electron chi connectivity index (χ2n) is 3.00. The molecule has 1 radical (unpaired) electrons. The van der Waals surface area contributed by atoms with Gasteiger partial charge in [-0.15, -0.1) is 0 Å². The third kappa shape index (κ3) is 1.76. The van der Waals surface area contributed by atoms with Crippen molar-refractivity contribution < 1.29 is 0 Å². The molecule has 0 fully saturated rings. The lowest BCUT2D eigenvalue weighted by Gasteiger charge is -1.99. The Bertz CT molecular complexity index is 436. The van der Waals surface area contributed by atoms with Crippen molar-refractivity contribution in [2.24, 2.45) is 5.10 Å². The van der Waals surface area contributed by atoms with Gasteiger partial charge < -0.3 is 0 Å². The van der Waals surface area contributed by atoms with Gasteiger partial charge in [0.25, 0.3) is 0 Å². The van der Waals surface area contributed by atoms with Crippen LogP contribution in [0.2, 0.25) is 10.0 Å². The number of hydrogen-bond donors (Lipinski definition) is 0. The molecule has 1 heterocycles. The quantitative estimate of drug-likeness (QED) is 0.702. The number of nitrogens with zero attached hydrogens (tertiary/aromatic N) is 2. The highest BCUT2D eigenvalue weighted by molar-refractivity contribution is 6.42. The minimum Gasteiger partial charge on any atom is -0.155 e. The molecule has 0 amide bonds. The molecule has 0 N–H and O–H groups in total. The summed E-state index contributed by atoms with van der Waals surface area (Å²) in [7, 11) is 0. The van der Waals surface area contributed by atoms with Crippen LogP contribution in [-0.4, -0.2) is 5.71 Å². The Morgan fingerprint density at radius 3 is 2.50 bits per heavy atom. The van der Waals surface area contributed by atoms with Crippen molar-refractivity contribution in [1.82, 2.24) is 5.43 Å². The third-order valence-corrected chi connectivity index (χ3v) is 2.62. The molecule has 0 bridgehead atoms. The van der Waals surface area contributed by atoms with Crippen molar-refractivity contribution in [2.75, 3.05) is 0 Å². The van der Waals surface area contributed by atoms with Crippen LogP contribution < -0.4 is 5.43 Å². The molecular weight excluding hydrogens is 219 g/mol. The van der Waals surface area contributed by atoms with E-state index in [0.717, 1.165) is 17.0 Å². The highest BCUT2D eigenvalue weighted by Gasteiger charge is 2.09. The number of benzene rings is 1. The molecule has 0 saturated carbocycles. The molecule has 1 aliphatic rings. The Morgan fingerprint density at radius 1 is 1.14 bits per heavy atom. The lowest BCUT2D eigenvalue weighted by Crippen LogP contribution is -1.93. The second kappa shape index (κ2) is 3.64. The Hall–Kier alpha value is -0.990. The van der Waals surface area contributed by atoms with Crippen molar-refractivity contribution in [3.63, 3.8) is 0 Å². The lowest BCUT2D eigenvalue weighted by atomic mass is 10.1. The van der Waals surface area contributed by atoms with Gasteiger partial charge in [-0.1, -0.05) is 29.3 Å². The predicted octanol–water partition coefficient (Wildman–Crippen LogP) is 3.22. The molecule has 14 heavy (non-hydrogen) atoms. The fraction of sp³-hybridized carbons (Fsp3) is 0.100. The predicted molar refractivity (Wildman–Crippen MR) is 58.9 cm³/mol. The standard InChI is InChI=1S/C10H7Cl2N2/c1-6-4-10(14-13-6)7-2-3-8(11)9(12)5-7/h2-5H,1H3. The monoisotopic (exact) mass is 225 g/mol. The summed E-state index contributed by atoms with van der Waals surface area (Å²) in [6.07, 6.45) is 1.90. The third-order valence-electron chi connectivity index (χ3n) is 1.88. The SMILES string of the molecule is CC1=CC(c2ccc(Cl)c(Cl)c2)=N[N]1. The van der Waals surface area contributed by atoms with Crippen LogP contribution in [0.4, 0.5) is 0 Å². The van der Waals surface area contributed by atoms with Crippen molar-refractivity contribution in [3.05, 3.63) is 45.6 Å². The summed E-state index contributed by atoms with van der Waals surface area (Å²) in [4.78, 5) is 0. The van der Waals surface area contributed by atoms with Gasteiger partial charge in [-0.3, -0.25) is 0 Å². The van der Waals surface area contributed by atoms with E-state index in [1.54, 1.807) is 12.1 Å². The van der Waals surface area contributed by atoms with E-state index in [1.165, 1.54) is 0 Å². The van der Waals surface area contributed by atoms with Crippen LogP contribution in [0.1, 0.15) is 12.5 Å². The first-order valence-electron chi connectivity index (χ1n) is 4.09. The van der Waals surface area contributed by atoms with Gasteiger partial charge in [-0.25, -0.2) is 0 Å². The molecule has 2 nitrogen and oxygen atoms in total. The first-order valence-corrected chi connectivity index (χ1v) is 4.85. The van der Waals surface area contributed by atoms with Gasteiger partial charge in [-0.05, 0) is 25.1 Å². The molecule has 0 unspecified atom stereocenters. The molecule has 0 atom stereocenters. The van der Waals surface area contributed by atoms with E-state index >= 15 is 0 Å². The summed E-state index contributed by atoms with van der Waals surface area (Å²) in [5, 5.41) is 5.09. The Kier molecular flexibility index (Phi) is 2.48. The van der Waals surface area contributed by atoms with E-state index in [1.807, 2.05) is 19.1 Å². The van der Waals surface area contributed by atoms with Crippen LogP contribution in [-0.2, 0) is 0 Å². The van der Waals surface area contributed by atoms with Crippen LogP contribution in [0.5, 0.6) is 0 Å². The van der Waals surface area contributed by atoms with Gasteiger partial charge >= 0.3 is 0 Å². The maximum atomic E-state index is 5.89. The summed E-state index contributed by atoms with van der Waals surface area (Å²) < 4.78 is 0. The highest BCUT2D eigenvalue weighted by Crippen LogP contribution is 2.23. The molecule has 0 saturated heterocycles. The number of halogens is 2. The minimum absolute atomic E-state index is 0.532. The van der Waals surface area contributed by atoms with Gasteiger partial charge in [0, 0.05) is 5.56 Å². The number of allylic oxidation sites excluding steroid dienone is 2. The zero-order valence-electron chi connectivity index (χ0n) is 7.46. The number of hydrogen-bond acceptors (Lipinski definition) is 1.